The highest BCUT2D eigenvalue weighted by Crippen LogP contribution is 2.21. The Hall–Kier alpha value is -0.590. The Labute approximate surface area is 80.4 Å². The van der Waals surface area contributed by atoms with Gasteiger partial charge in [0.05, 0.1) is 6.61 Å². The topological polar surface area (TPSA) is 43.4 Å². The van der Waals surface area contributed by atoms with Crippen LogP contribution in [0.5, 0.6) is 0 Å². The largest absolute Gasteiger partial charge is 0.465 e. The molecular weight excluding hydrogens is 257 g/mol. The van der Waals surface area contributed by atoms with Gasteiger partial charge >= 0.3 is 12.1 Å². The molecule has 0 spiro atoms. The molecular formula is C6H6BrF3O3. The Bertz CT molecular complexity index is 214. The Morgan fingerprint density at radius 1 is 1.46 bits per heavy atom. The van der Waals surface area contributed by atoms with Gasteiger partial charge in [0.25, 0.3) is 5.78 Å². The lowest BCUT2D eigenvalue weighted by atomic mass is 10.3. The molecule has 76 valence electrons. The van der Waals surface area contributed by atoms with Crippen molar-refractivity contribution in [3.63, 3.8) is 0 Å². The van der Waals surface area contributed by atoms with Crippen LogP contribution in [-0.4, -0.2) is 29.4 Å². The van der Waals surface area contributed by atoms with Crippen LogP contribution in [0, 0.1) is 0 Å². The Balaban J connectivity index is 4.35. The van der Waals surface area contributed by atoms with Crippen molar-refractivity contribution >= 4 is 27.7 Å². The van der Waals surface area contributed by atoms with Crippen molar-refractivity contribution in [2.24, 2.45) is 0 Å². The standard InChI is InChI=1S/C6H6BrF3O3/c1-2-13-5(12)3(7)4(11)6(8,9)10/h3H,2H2,1H3. The highest BCUT2D eigenvalue weighted by molar-refractivity contribution is 9.10. The zero-order valence-electron chi connectivity index (χ0n) is 6.52. The van der Waals surface area contributed by atoms with E-state index in [1.807, 2.05) is 0 Å². The minimum absolute atomic E-state index is 0.0773. The van der Waals surface area contributed by atoms with Gasteiger partial charge in [-0.15, -0.1) is 0 Å². The van der Waals surface area contributed by atoms with Gasteiger partial charge in [-0.3, -0.25) is 9.59 Å². The lowest BCUT2D eigenvalue weighted by Gasteiger charge is -2.09. The van der Waals surface area contributed by atoms with E-state index in [9.17, 15) is 22.8 Å². The maximum Gasteiger partial charge on any atom is 0.451 e. The summed E-state index contributed by atoms with van der Waals surface area (Å²) in [5.74, 6) is -3.39. The third-order valence-electron chi connectivity index (χ3n) is 1.00. The number of ketones is 1. The van der Waals surface area contributed by atoms with E-state index in [-0.39, 0.29) is 6.61 Å². The van der Waals surface area contributed by atoms with E-state index in [1.165, 1.54) is 6.92 Å². The summed E-state index contributed by atoms with van der Waals surface area (Å²) in [7, 11) is 0. The molecule has 3 nitrogen and oxygen atoms in total. The molecule has 1 unspecified atom stereocenters. The Morgan fingerprint density at radius 2 is 1.92 bits per heavy atom. The van der Waals surface area contributed by atoms with Crippen LogP contribution in [0.15, 0.2) is 0 Å². The number of rotatable bonds is 3. The van der Waals surface area contributed by atoms with Crippen LogP contribution >= 0.6 is 15.9 Å². The molecule has 13 heavy (non-hydrogen) atoms. The zero-order valence-corrected chi connectivity index (χ0v) is 8.11. The van der Waals surface area contributed by atoms with Crippen LogP contribution in [0.3, 0.4) is 0 Å². The normalized spacial score (nSPS) is 13.6. The fraction of sp³-hybridized carbons (Fsp3) is 0.667. The SMILES string of the molecule is CCOC(=O)C(Br)C(=O)C(F)(F)F. The van der Waals surface area contributed by atoms with Gasteiger partial charge in [0, 0.05) is 0 Å². The molecule has 0 aliphatic rings. The molecule has 0 aromatic rings. The number of carbonyl (C=O) groups excluding carboxylic acids is 2. The molecule has 0 saturated heterocycles. The Kier molecular flexibility index (Phi) is 4.38. The van der Waals surface area contributed by atoms with E-state index < -0.39 is 22.8 Å². The monoisotopic (exact) mass is 262 g/mol. The average Bonchev–Trinajstić information content (AvgIpc) is 2.00. The lowest BCUT2D eigenvalue weighted by molar-refractivity contribution is -0.173. The first-order valence-corrected chi connectivity index (χ1v) is 4.14. The second kappa shape index (κ2) is 4.59. The predicted molar refractivity (Wildman–Crippen MR) is 40.4 cm³/mol. The van der Waals surface area contributed by atoms with Crippen molar-refractivity contribution in [3.8, 4) is 0 Å². The number of carbonyl (C=O) groups is 2. The molecule has 0 aromatic heterocycles. The number of hydrogen-bond donors (Lipinski definition) is 0. The first-order chi connectivity index (χ1) is 5.80. The molecule has 0 bridgehead atoms. The van der Waals surface area contributed by atoms with Crippen LogP contribution in [0.2, 0.25) is 0 Å². The summed E-state index contributed by atoms with van der Waals surface area (Å²) < 4.78 is 39.4. The molecule has 0 aromatic carbocycles. The van der Waals surface area contributed by atoms with E-state index >= 15 is 0 Å². The molecule has 0 rings (SSSR count). The summed E-state index contributed by atoms with van der Waals surface area (Å²) in [6, 6.07) is 0. The molecule has 1 atom stereocenters. The second-order valence-corrected chi connectivity index (χ2v) is 2.89. The highest BCUT2D eigenvalue weighted by Gasteiger charge is 2.45. The summed E-state index contributed by atoms with van der Waals surface area (Å²) in [4.78, 5) is 19.1. The van der Waals surface area contributed by atoms with Crippen LogP contribution in [0.4, 0.5) is 13.2 Å². The molecule has 0 aliphatic heterocycles. The smallest absolute Gasteiger partial charge is 0.451 e. The molecule has 0 radical (unpaired) electrons. The summed E-state index contributed by atoms with van der Waals surface area (Å²) in [5.41, 5.74) is 0. The lowest BCUT2D eigenvalue weighted by Crippen LogP contribution is -2.36. The summed E-state index contributed by atoms with van der Waals surface area (Å²) in [6.45, 7) is 1.35. The van der Waals surface area contributed by atoms with Gasteiger partial charge < -0.3 is 4.74 Å². The zero-order chi connectivity index (χ0) is 10.6. The van der Waals surface area contributed by atoms with Gasteiger partial charge in [-0.2, -0.15) is 13.2 Å². The number of esters is 1. The van der Waals surface area contributed by atoms with E-state index in [2.05, 4.69) is 20.7 Å². The van der Waals surface area contributed by atoms with Crippen LogP contribution in [0.25, 0.3) is 0 Å². The van der Waals surface area contributed by atoms with Crippen molar-refractivity contribution in [3.05, 3.63) is 0 Å². The maximum absolute atomic E-state index is 11.7. The maximum atomic E-state index is 11.7. The molecule has 0 fully saturated rings. The molecule has 7 heteroatoms. The minimum atomic E-state index is -5.03. The fourth-order valence-electron chi connectivity index (χ4n) is 0.466. The number of alkyl halides is 4. The van der Waals surface area contributed by atoms with Gasteiger partial charge in [0.1, 0.15) is 0 Å². The molecule has 0 heterocycles. The molecule has 0 saturated carbocycles. The number of ether oxygens (including phenoxy) is 1. The second-order valence-electron chi connectivity index (χ2n) is 1.98. The molecule has 0 N–H and O–H groups in total. The van der Waals surface area contributed by atoms with Crippen molar-refractivity contribution in [1.82, 2.24) is 0 Å². The van der Waals surface area contributed by atoms with Gasteiger partial charge in [-0.1, -0.05) is 15.9 Å². The number of hydrogen-bond acceptors (Lipinski definition) is 3. The van der Waals surface area contributed by atoms with Gasteiger partial charge in [-0.25, -0.2) is 0 Å². The van der Waals surface area contributed by atoms with Crippen molar-refractivity contribution in [1.29, 1.82) is 0 Å². The van der Waals surface area contributed by atoms with Crippen molar-refractivity contribution in [2.75, 3.05) is 6.61 Å². The average molecular weight is 263 g/mol. The first-order valence-electron chi connectivity index (χ1n) is 3.22. The van der Waals surface area contributed by atoms with Crippen molar-refractivity contribution in [2.45, 2.75) is 17.9 Å². The molecule has 0 amide bonds. The van der Waals surface area contributed by atoms with Gasteiger partial charge in [-0.05, 0) is 6.92 Å². The highest BCUT2D eigenvalue weighted by atomic mass is 79.9. The Morgan fingerprint density at radius 3 is 2.23 bits per heavy atom. The first kappa shape index (κ1) is 12.4. The van der Waals surface area contributed by atoms with Gasteiger partial charge in [0.15, 0.2) is 4.83 Å². The van der Waals surface area contributed by atoms with E-state index in [0.717, 1.165) is 0 Å². The van der Waals surface area contributed by atoms with E-state index in [0.29, 0.717) is 0 Å². The predicted octanol–water partition coefficient (Wildman–Crippen LogP) is 1.44. The summed E-state index contributed by atoms with van der Waals surface area (Å²) in [5, 5.41) is 0. The van der Waals surface area contributed by atoms with Crippen LogP contribution in [0.1, 0.15) is 6.92 Å². The summed E-state index contributed by atoms with van der Waals surface area (Å²) in [6.07, 6.45) is -5.03. The van der Waals surface area contributed by atoms with E-state index in [4.69, 9.17) is 0 Å². The molecule has 0 aliphatic carbocycles. The van der Waals surface area contributed by atoms with Crippen LogP contribution in [-0.2, 0) is 14.3 Å². The number of halogens is 4. The third-order valence-corrected chi connectivity index (χ3v) is 1.79. The fourth-order valence-corrected chi connectivity index (χ4v) is 0.858. The van der Waals surface area contributed by atoms with Crippen molar-refractivity contribution < 1.29 is 27.5 Å². The quantitative estimate of drug-likeness (QED) is 0.439. The third kappa shape index (κ3) is 3.75. The minimum Gasteiger partial charge on any atom is -0.465 e. The van der Waals surface area contributed by atoms with Crippen LogP contribution < -0.4 is 0 Å². The summed E-state index contributed by atoms with van der Waals surface area (Å²) >= 11 is 2.30. The van der Waals surface area contributed by atoms with Gasteiger partial charge in [0.2, 0.25) is 0 Å². The van der Waals surface area contributed by atoms with E-state index in [1.54, 1.807) is 0 Å². The number of Topliss-reactive ketones (excluding diaryl/α,β-unsaturated/α-hetero) is 1.